The number of nitrogens with two attached hydrogens (primary N) is 1. The van der Waals surface area contributed by atoms with E-state index in [2.05, 4.69) is 25.9 Å². The van der Waals surface area contributed by atoms with Crippen molar-refractivity contribution in [2.45, 2.75) is 0 Å². The Morgan fingerprint density at radius 3 is 2.32 bits per heavy atom. The van der Waals surface area contributed by atoms with Gasteiger partial charge in [-0.15, -0.1) is 0 Å². The number of thiazole rings is 1. The smallest absolute Gasteiger partial charge is 0.181 e. The predicted octanol–water partition coefficient (Wildman–Crippen LogP) is 4.22. The average molecular weight is 332 g/mol. The molecule has 0 aliphatic carbocycles. The molecule has 0 fully saturated rings. The van der Waals surface area contributed by atoms with Crippen LogP contribution in [0.25, 0.3) is 21.7 Å². The summed E-state index contributed by atoms with van der Waals surface area (Å²) in [5.41, 5.74) is 8.93. The van der Waals surface area contributed by atoms with Gasteiger partial charge in [-0.05, 0) is 29.8 Å². The molecule has 3 aromatic rings. The Morgan fingerprint density at radius 1 is 0.947 bits per heavy atom. The molecule has 2 aromatic heterocycles. The molecular weight excluding hydrogens is 322 g/mol. The second kappa shape index (κ2) is 5.11. The highest BCUT2D eigenvalue weighted by Gasteiger charge is 2.13. The van der Waals surface area contributed by atoms with Gasteiger partial charge in [0.25, 0.3) is 0 Å². The van der Waals surface area contributed by atoms with Crippen molar-refractivity contribution in [2.24, 2.45) is 0 Å². The number of aromatic nitrogens is 2. The average Bonchev–Trinajstić information content (AvgIpc) is 2.83. The van der Waals surface area contributed by atoms with Gasteiger partial charge in [0.05, 0.1) is 10.6 Å². The van der Waals surface area contributed by atoms with Gasteiger partial charge in [-0.2, -0.15) is 0 Å². The number of anilines is 1. The fraction of sp³-hybridized carbons (Fsp3) is 0. The number of nitrogens with zero attached hydrogens (tertiary/aromatic N) is 2. The second-order valence-corrected chi connectivity index (χ2v) is 5.92. The molecule has 19 heavy (non-hydrogen) atoms. The number of hydrogen-bond donors (Lipinski definition) is 1. The first-order valence-corrected chi connectivity index (χ1v) is 7.27. The van der Waals surface area contributed by atoms with Crippen molar-refractivity contribution in [1.82, 2.24) is 9.97 Å². The summed E-state index contributed by atoms with van der Waals surface area (Å²) in [7, 11) is 0. The van der Waals surface area contributed by atoms with E-state index in [0.717, 1.165) is 26.2 Å². The van der Waals surface area contributed by atoms with Gasteiger partial charge in [-0.1, -0.05) is 39.4 Å². The van der Waals surface area contributed by atoms with Crippen LogP contribution in [-0.4, -0.2) is 9.97 Å². The van der Waals surface area contributed by atoms with Crippen LogP contribution in [0.5, 0.6) is 0 Å². The summed E-state index contributed by atoms with van der Waals surface area (Å²) >= 11 is 4.93. The molecule has 0 aliphatic rings. The van der Waals surface area contributed by atoms with E-state index in [9.17, 15) is 0 Å². The number of halogens is 1. The Morgan fingerprint density at radius 2 is 1.63 bits per heavy atom. The molecule has 2 heterocycles. The summed E-state index contributed by atoms with van der Waals surface area (Å²) in [6, 6.07) is 12.0. The van der Waals surface area contributed by atoms with Gasteiger partial charge in [0.2, 0.25) is 0 Å². The third kappa shape index (κ3) is 2.52. The molecule has 0 atom stereocenters. The molecule has 5 heteroatoms. The van der Waals surface area contributed by atoms with E-state index >= 15 is 0 Å². The first kappa shape index (κ1) is 12.3. The van der Waals surface area contributed by atoms with E-state index in [1.54, 1.807) is 12.4 Å². The minimum Gasteiger partial charge on any atom is -0.375 e. The second-order valence-electron chi connectivity index (χ2n) is 3.97. The lowest BCUT2D eigenvalue weighted by Crippen LogP contribution is -1.84. The van der Waals surface area contributed by atoms with Crippen molar-refractivity contribution >= 4 is 32.4 Å². The molecular formula is C14H10BrN3S. The maximum absolute atomic E-state index is 5.87. The Kier molecular flexibility index (Phi) is 3.31. The highest BCUT2D eigenvalue weighted by Crippen LogP contribution is 2.37. The van der Waals surface area contributed by atoms with E-state index < -0.39 is 0 Å². The van der Waals surface area contributed by atoms with Crippen molar-refractivity contribution in [3.63, 3.8) is 0 Å². The predicted molar refractivity (Wildman–Crippen MR) is 82.9 cm³/mol. The van der Waals surface area contributed by atoms with Gasteiger partial charge in [0, 0.05) is 22.4 Å². The van der Waals surface area contributed by atoms with E-state index in [4.69, 9.17) is 5.73 Å². The summed E-state index contributed by atoms with van der Waals surface area (Å²) in [4.78, 5) is 9.56. The maximum atomic E-state index is 5.87. The summed E-state index contributed by atoms with van der Waals surface area (Å²) in [5.74, 6) is 0. The summed E-state index contributed by atoms with van der Waals surface area (Å²) in [6.07, 6.45) is 3.55. The largest absolute Gasteiger partial charge is 0.375 e. The molecule has 0 aliphatic heterocycles. The highest BCUT2D eigenvalue weighted by atomic mass is 79.9. The van der Waals surface area contributed by atoms with Crippen molar-refractivity contribution in [2.75, 3.05) is 5.73 Å². The Labute approximate surface area is 123 Å². The van der Waals surface area contributed by atoms with Crippen LogP contribution in [0.15, 0.2) is 53.3 Å². The monoisotopic (exact) mass is 331 g/mol. The quantitative estimate of drug-likeness (QED) is 0.764. The molecule has 0 spiro atoms. The van der Waals surface area contributed by atoms with Crippen LogP contribution in [0.4, 0.5) is 5.13 Å². The van der Waals surface area contributed by atoms with E-state index in [1.807, 2.05) is 36.4 Å². The van der Waals surface area contributed by atoms with Gasteiger partial charge in [-0.25, -0.2) is 4.98 Å². The Balaban J connectivity index is 2.15. The zero-order chi connectivity index (χ0) is 13.2. The van der Waals surface area contributed by atoms with Crippen LogP contribution in [-0.2, 0) is 0 Å². The first-order valence-electron chi connectivity index (χ1n) is 5.66. The first-order chi connectivity index (χ1) is 9.24. The molecule has 0 amide bonds. The van der Waals surface area contributed by atoms with Gasteiger partial charge < -0.3 is 5.73 Å². The minimum atomic E-state index is 0.574. The molecule has 0 saturated carbocycles. The minimum absolute atomic E-state index is 0.574. The topological polar surface area (TPSA) is 51.8 Å². The fourth-order valence-electron chi connectivity index (χ4n) is 1.84. The molecule has 2 N–H and O–H groups in total. The molecule has 1 aromatic carbocycles. The van der Waals surface area contributed by atoms with Gasteiger partial charge in [0.1, 0.15) is 0 Å². The number of hydrogen-bond acceptors (Lipinski definition) is 4. The standard InChI is InChI=1S/C14H10BrN3S/c15-11-3-1-9(2-4-11)12-13(19-14(16)18-12)10-5-7-17-8-6-10/h1-8H,(H2,16,18). The third-order valence-corrected chi connectivity index (χ3v) is 4.17. The molecule has 94 valence electrons. The zero-order valence-corrected chi connectivity index (χ0v) is 12.3. The summed E-state index contributed by atoms with van der Waals surface area (Å²) in [6.45, 7) is 0. The normalized spacial score (nSPS) is 10.6. The van der Waals surface area contributed by atoms with E-state index in [-0.39, 0.29) is 0 Å². The van der Waals surface area contributed by atoms with Gasteiger partial charge >= 0.3 is 0 Å². The zero-order valence-electron chi connectivity index (χ0n) is 9.88. The van der Waals surface area contributed by atoms with E-state index in [0.29, 0.717) is 5.13 Å². The number of benzene rings is 1. The van der Waals surface area contributed by atoms with Crippen LogP contribution >= 0.6 is 27.3 Å². The summed E-state index contributed by atoms with van der Waals surface area (Å²) in [5, 5.41) is 0.574. The van der Waals surface area contributed by atoms with Crippen LogP contribution in [0, 0.1) is 0 Å². The molecule has 3 nitrogen and oxygen atoms in total. The number of nitrogen functional groups attached to an aromatic ring is 1. The van der Waals surface area contributed by atoms with Crippen LogP contribution in [0.3, 0.4) is 0 Å². The molecule has 0 unspecified atom stereocenters. The molecule has 3 rings (SSSR count). The van der Waals surface area contributed by atoms with Crippen LogP contribution < -0.4 is 5.73 Å². The maximum Gasteiger partial charge on any atom is 0.181 e. The lowest BCUT2D eigenvalue weighted by molar-refractivity contribution is 1.33. The van der Waals surface area contributed by atoms with Gasteiger partial charge in [0.15, 0.2) is 5.13 Å². The number of pyridine rings is 1. The number of rotatable bonds is 2. The summed E-state index contributed by atoms with van der Waals surface area (Å²) < 4.78 is 1.05. The highest BCUT2D eigenvalue weighted by molar-refractivity contribution is 9.10. The van der Waals surface area contributed by atoms with Crippen molar-refractivity contribution < 1.29 is 0 Å². The van der Waals surface area contributed by atoms with Gasteiger partial charge in [-0.3, -0.25) is 4.98 Å². The van der Waals surface area contributed by atoms with E-state index in [1.165, 1.54) is 11.3 Å². The fourth-order valence-corrected chi connectivity index (χ4v) is 2.96. The Bertz CT molecular complexity index is 692. The van der Waals surface area contributed by atoms with Crippen LogP contribution in [0.1, 0.15) is 0 Å². The Hall–Kier alpha value is -1.72. The SMILES string of the molecule is Nc1nc(-c2ccc(Br)cc2)c(-c2ccncc2)s1. The lowest BCUT2D eigenvalue weighted by atomic mass is 10.1. The lowest BCUT2D eigenvalue weighted by Gasteiger charge is -2.02. The molecule has 0 bridgehead atoms. The third-order valence-electron chi connectivity index (χ3n) is 2.70. The molecule has 0 radical (unpaired) electrons. The van der Waals surface area contributed by atoms with Crippen LogP contribution in [0.2, 0.25) is 0 Å². The molecule has 0 saturated heterocycles. The van der Waals surface area contributed by atoms with Crippen molar-refractivity contribution in [1.29, 1.82) is 0 Å². The van der Waals surface area contributed by atoms with Crippen molar-refractivity contribution in [3.05, 3.63) is 53.3 Å². The van der Waals surface area contributed by atoms with Crippen molar-refractivity contribution in [3.8, 4) is 21.7 Å².